The van der Waals surface area contributed by atoms with Crippen molar-refractivity contribution in [2.75, 3.05) is 24.9 Å². The fourth-order valence-electron chi connectivity index (χ4n) is 1.89. The first-order chi connectivity index (χ1) is 8.53. The lowest BCUT2D eigenvalue weighted by molar-refractivity contribution is 0.416. The third kappa shape index (κ3) is 2.96. The van der Waals surface area contributed by atoms with Crippen LogP contribution in [-0.2, 0) is 10.2 Å². The molecule has 0 amide bonds. The van der Waals surface area contributed by atoms with E-state index in [1.54, 1.807) is 18.2 Å². The van der Waals surface area contributed by atoms with Gasteiger partial charge in [0.05, 0.1) is 12.8 Å². The van der Waals surface area contributed by atoms with Gasteiger partial charge in [-0.3, -0.25) is 4.72 Å². The molecule has 5 nitrogen and oxygen atoms in total. The maximum atomic E-state index is 12.1. The Kier molecular flexibility index (Phi) is 4.14. The number of nitrogens with zero attached hydrogens (tertiary/aromatic N) is 1. The Morgan fingerprint density at radius 2 is 2.00 bits per heavy atom. The molecule has 1 N–H and O–H groups in total. The number of nitrogens with one attached hydrogen (secondary N) is 1. The fourth-order valence-corrected chi connectivity index (χ4v) is 3.56. The average molecular weight is 335 g/mol. The van der Waals surface area contributed by atoms with Gasteiger partial charge in [0, 0.05) is 17.6 Å². The zero-order valence-corrected chi connectivity index (χ0v) is 12.4. The first-order valence-corrected chi connectivity index (χ1v) is 7.87. The Morgan fingerprint density at radius 1 is 1.33 bits per heavy atom. The lowest BCUT2D eigenvalue weighted by atomic mass is 10.3. The van der Waals surface area contributed by atoms with E-state index in [-0.39, 0.29) is 0 Å². The molecule has 1 heterocycles. The molecule has 2 rings (SSSR count). The quantitative estimate of drug-likeness (QED) is 0.918. The van der Waals surface area contributed by atoms with E-state index < -0.39 is 10.2 Å². The minimum Gasteiger partial charge on any atom is -0.495 e. The second-order valence-corrected chi connectivity index (χ2v) is 6.64. The molecule has 0 atom stereocenters. The van der Waals surface area contributed by atoms with Crippen LogP contribution in [0.15, 0.2) is 22.7 Å². The molecule has 0 aromatic heterocycles. The van der Waals surface area contributed by atoms with E-state index in [2.05, 4.69) is 20.7 Å². The van der Waals surface area contributed by atoms with Crippen molar-refractivity contribution in [3.05, 3.63) is 22.7 Å². The van der Waals surface area contributed by atoms with Crippen molar-refractivity contribution in [2.24, 2.45) is 0 Å². The first kappa shape index (κ1) is 13.6. The largest absolute Gasteiger partial charge is 0.495 e. The van der Waals surface area contributed by atoms with Crippen molar-refractivity contribution in [3.63, 3.8) is 0 Å². The third-order valence-electron chi connectivity index (χ3n) is 2.81. The molecular formula is C11H15BrN2O3S. The molecule has 0 radical (unpaired) electrons. The van der Waals surface area contributed by atoms with E-state index in [0.717, 1.165) is 17.3 Å². The molecule has 0 aliphatic carbocycles. The number of ether oxygens (including phenoxy) is 1. The molecule has 7 heteroatoms. The fraction of sp³-hybridized carbons (Fsp3) is 0.455. The van der Waals surface area contributed by atoms with Gasteiger partial charge in [0.2, 0.25) is 0 Å². The van der Waals surface area contributed by atoms with Crippen LogP contribution in [-0.4, -0.2) is 32.9 Å². The molecule has 1 aromatic carbocycles. The van der Waals surface area contributed by atoms with Gasteiger partial charge < -0.3 is 4.74 Å². The molecule has 1 aromatic rings. The number of halogens is 1. The lowest BCUT2D eigenvalue weighted by Gasteiger charge is -2.18. The van der Waals surface area contributed by atoms with Crippen molar-refractivity contribution in [3.8, 4) is 5.75 Å². The van der Waals surface area contributed by atoms with Crippen molar-refractivity contribution >= 4 is 31.8 Å². The Balaban J connectivity index is 2.25. The molecule has 1 aliphatic heterocycles. The molecule has 1 fully saturated rings. The molecule has 0 unspecified atom stereocenters. The molecular weight excluding hydrogens is 320 g/mol. The number of methoxy groups -OCH3 is 1. The van der Waals surface area contributed by atoms with Crippen LogP contribution in [0.25, 0.3) is 0 Å². The smallest absolute Gasteiger partial charge is 0.301 e. The van der Waals surface area contributed by atoms with Gasteiger partial charge in [-0.2, -0.15) is 12.7 Å². The van der Waals surface area contributed by atoms with Crippen LogP contribution < -0.4 is 9.46 Å². The maximum Gasteiger partial charge on any atom is 0.301 e. The summed E-state index contributed by atoms with van der Waals surface area (Å²) in [5, 5.41) is 0. The van der Waals surface area contributed by atoms with Crippen LogP contribution in [0.5, 0.6) is 5.75 Å². The zero-order valence-electron chi connectivity index (χ0n) is 10.0. The summed E-state index contributed by atoms with van der Waals surface area (Å²) >= 11 is 3.31. The van der Waals surface area contributed by atoms with E-state index in [1.807, 2.05) is 0 Å². The first-order valence-electron chi connectivity index (χ1n) is 5.64. The molecule has 18 heavy (non-hydrogen) atoms. The summed E-state index contributed by atoms with van der Waals surface area (Å²) in [7, 11) is -1.97. The highest BCUT2D eigenvalue weighted by Gasteiger charge is 2.26. The van der Waals surface area contributed by atoms with E-state index in [1.165, 1.54) is 11.4 Å². The Bertz CT molecular complexity index is 527. The zero-order chi connectivity index (χ0) is 13.2. The topological polar surface area (TPSA) is 58.6 Å². The molecule has 1 aliphatic rings. The summed E-state index contributed by atoms with van der Waals surface area (Å²) < 4.78 is 34.2. The standard InChI is InChI=1S/C11H15BrN2O3S/c1-17-11-5-4-9(12)8-10(11)13-18(15,16)14-6-2-3-7-14/h4-5,8,13H,2-3,6-7H2,1H3. The van der Waals surface area contributed by atoms with Crippen LogP contribution >= 0.6 is 15.9 Å². The Morgan fingerprint density at radius 3 is 2.61 bits per heavy atom. The van der Waals surface area contributed by atoms with Gasteiger partial charge in [0.15, 0.2) is 0 Å². The minimum atomic E-state index is -3.48. The van der Waals surface area contributed by atoms with Gasteiger partial charge in [-0.05, 0) is 31.0 Å². The van der Waals surface area contributed by atoms with Gasteiger partial charge >= 0.3 is 10.2 Å². The van der Waals surface area contributed by atoms with Crippen molar-refractivity contribution in [1.82, 2.24) is 4.31 Å². The summed E-state index contributed by atoms with van der Waals surface area (Å²) in [6.07, 6.45) is 1.83. The summed E-state index contributed by atoms with van der Waals surface area (Å²) in [5.74, 6) is 0.501. The lowest BCUT2D eigenvalue weighted by Crippen LogP contribution is -2.33. The molecule has 1 saturated heterocycles. The van der Waals surface area contributed by atoms with Crippen LogP contribution in [0.1, 0.15) is 12.8 Å². The van der Waals surface area contributed by atoms with Gasteiger partial charge in [0.1, 0.15) is 5.75 Å². The van der Waals surface area contributed by atoms with Gasteiger partial charge in [-0.15, -0.1) is 0 Å². The van der Waals surface area contributed by atoms with Crippen molar-refractivity contribution < 1.29 is 13.2 Å². The highest BCUT2D eigenvalue weighted by Crippen LogP contribution is 2.29. The monoisotopic (exact) mass is 334 g/mol. The summed E-state index contributed by atoms with van der Waals surface area (Å²) in [4.78, 5) is 0. The summed E-state index contributed by atoms with van der Waals surface area (Å²) in [6.45, 7) is 1.15. The highest BCUT2D eigenvalue weighted by molar-refractivity contribution is 9.10. The minimum absolute atomic E-state index is 0.443. The summed E-state index contributed by atoms with van der Waals surface area (Å²) in [5.41, 5.74) is 0.443. The second-order valence-electron chi connectivity index (χ2n) is 4.06. The van der Waals surface area contributed by atoms with Crippen LogP contribution in [0, 0.1) is 0 Å². The predicted octanol–water partition coefficient (Wildman–Crippen LogP) is 2.21. The van der Waals surface area contributed by atoms with Gasteiger partial charge in [0.25, 0.3) is 0 Å². The van der Waals surface area contributed by atoms with Crippen LogP contribution in [0.4, 0.5) is 5.69 Å². The average Bonchev–Trinajstić information content (AvgIpc) is 2.83. The predicted molar refractivity (Wildman–Crippen MR) is 74.0 cm³/mol. The SMILES string of the molecule is COc1ccc(Br)cc1NS(=O)(=O)N1CCCC1. The van der Waals surface area contributed by atoms with Crippen LogP contribution in [0.3, 0.4) is 0 Å². The molecule has 100 valence electrons. The van der Waals surface area contributed by atoms with E-state index in [4.69, 9.17) is 4.74 Å². The van der Waals surface area contributed by atoms with Crippen molar-refractivity contribution in [2.45, 2.75) is 12.8 Å². The molecule has 0 saturated carbocycles. The Labute approximate surface area is 115 Å². The third-order valence-corrected chi connectivity index (χ3v) is 4.82. The van der Waals surface area contributed by atoms with E-state index in [0.29, 0.717) is 24.5 Å². The summed E-state index contributed by atoms with van der Waals surface area (Å²) in [6, 6.07) is 5.20. The van der Waals surface area contributed by atoms with Crippen LogP contribution in [0.2, 0.25) is 0 Å². The number of hydrogen-bond donors (Lipinski definition) is 1. The normalized spacial score (nSPS) is 16.8. The number of hydrogen-bond acceptors (Lipinski definition) is 3. The number of anilines is 1. The highest BCUT2D eigenvalue weighted by atomic mass is 79.9. The van der Waals surface area contributed by atoms with Crippen molar-refractivity contribution in [1.29, 1.82) is 0 Å². The maximum absolute atomic E-state index is 12.1. The Hall–Kier alpha value is -0.790. The molecule has 0 bridgehead atoms. The van der Waals surface area contributed by atoms with E-state index in [9.17, 15) is 8.42 Å². The van der Waals surface area contributed by atoms with E-state index >= 15 is 0 Å². The second kappa shape index (κ2) is 5.46. The van der Waals surface area contributed by atoms with Gasteiger partial charge in [-0.25, -0.2) is 0 Å². The number of rotatable bonds is 4. The number of benzene rings is 1. The molecule has 0 spiro atoms. The van der Waals surface area contributed by atoms with Gasteiger partial charge in [-0.1, -0.05) is 15.9 Å².